The number of amides is 1. The summed E-state index contributed by atoms with van der Waals surface area (Å²) < 4.78 is 0. The van der Waals surface area contributed by atoms with Crippen LogP contribution in [0, 0.1) is 17.8 Å². The fraction of sp³-hybridized carbons (Fsp3) is 0.923. The van der Waals surface area contributed by atoms with Crippen LogP contribution < -0.4 is 5.32 Å². The van der Waals surface area contributed by atoms with E-state index >= 15 is 0 Å². The van der Waals surface area contributed by atoms with Crippen molar-refractivity contribution in [3.05, 3.63) is 0 Å². The molecule has 2 nitrogen and oxygen atoms in total. The molecule has 3 atom stereocenters. The molecule has 0 aliphatic heterocycles. The number of carbonyl (C=O) groups is 1. The maximum atomic E-state index is 11.8. The highest BCUT2D eigenvalue weighted by Gasteiger charge is 2.29. The number of hydrogen-bond donors (Lipinski definition) is 1. The van der Waals surface area contributed by atoms with E-state index in [-0.39, 0.29) is 11.8 Å². The van der Waals surface area contributed by atoms with Crippen molar-refractivity contribution in [2.45, 2.75) is 46.0 Å². The molecule has 0 bridgehead atoms. The molecule has 0 aromatic heterocycles. The SMILES string of the molecule is CC(CBr)CCCNC(=O)C1CCCC1C. The highest BCUT2D eigenvalue weighted by molar-refractivity contribution is 9.09. The van der Waals surface area contributed by atoms with Crippen LogP contribution in [0.3, 0.4) is 0 Å². The molecule has 1 amide bonds. The first-order valence-electron chi connectivity index (χ1n) is 6.48. The lowest BCUT2D eigenvalue weighted by molar-refractivity contribution is -0.125. The van der Waals surface area contributed by atoms with Gasteiger partial charge in [-0.15, -0.1) is 0 Å². The van der Waals surface area contributed by atoms with Gasteiger partial charge in [0, 0.05) is 17.8 Å². The minimum absolute atomic E-state index is 0.286. The number of nitrogens with one attached hydrogen (secondary N) is 1. The zero-order valence-corrected chi connectivity index (χ0v) is 12.1. The maximum Gasteiger partial charge on any atom is 0.223 e. The summed E-state index contributed by atoms with van der Waals surface area (Å²) in [6.07, 6.45) is 5.81. The third-order valence-corrected chi connectivity index (χ3v) is 4.74. The molecule has 0 spiro atoms. The summed E-state index contributed by atoms with van der Waals surface area (Å²) in [5.41, 5.74) is 0. The summed E-state index contributed by atoms with van der Waals surface area (Å²) in [5, 5.41) is 4.14. The molecule has 0 aromatic carbocycles. The van der Waals surface area contributed by atoms with Gasteiger partial charge in [-0.25, -0.2) is 0 Å². The van der Waals surface area contributed by atoms with Crippen LogP contribution >= 0.6 is 15.9 Å². The van der Waals surface area contributed by atoms with Crippen LogP contribution in [0.25, 0.3) is 0 Å². The Hall–Kier alpha value is -0.0500. The van der Waals surface area contributed by atoms with E-state index in [1.54, 1.807) is 0 Å². The van der Waals surface area contributed by atoms with E-state index in [2.05, 4.69) is 35.1 Å². The first-order chi connectivity index (χ1) is 7.65. The number of carbonyl (C=O) groups excluding carboxylic acids is 1. The van der Waals surface area contributed by atoms with Gasteiger partial charge in [0.1, 0.15) is 0 Å². The van der Waals surface area contributed by atoms with Crippen molar-refractivity contribution in [1.82, 2.24) is 5.32 Å². The lowest BCUT2D eigenvalue weighted by atomic mass is 9.97. The number of rotatable bonds is 6. The predicted octanol–water partition coefficient (Wildman–Crippen LogP) is 3.35. The first kappa shape index (κ1) is 14.0. The maximum absolute atomic E-state index is 11.8. The van der Waals surface area contributed by atoms with E-state index < -0.39 is 0 Å². The van der Waals surface area contributed by atoms with Gasteiger partial charge in [0.2, 0.25) is 5.91 Å². The van der Waals surface area contributed by atoms with Gasteiger partial charge in [0.05, 0.1) is 0 Å². The molecule has 1 rings (SSSR count). The Balaban J connectivity index is 2.10. The predicted molar refractivity (Wildman–Crippen MR) is 71.7 cm³/mol. The molecule has 1 fully saturated rings. The van der Waals surface area contributed by atoms with Crippen LogP contribution in [0.2, 0.25) is 0 Å². The average molecular weight is 290 g/mol. The van der Waals surface area contributed by atoms with E-state index in [0.29, 0.717) is 11.8 Å². The minimum Gasteiger partial charge on any atom is -0.356 e. The second-order valence-corrected chi connectivity index (χ2v) is 5.85. The zero-order chi connectivity index (χ0) is 12.0. The molecule has 1 aliphatic rings. The standard InChI is InChI=1S/C13H24BrNO/c1-10(9-14)5-4-8-15-13(16)12-7-3-6-11(12)2/h10-12H,3-9H2,1-2H3,(H,15,16). The van der Waals surface area contributed by atoms with Gasteiger partial charge in [-0.1, -0.05) is 36.2 Å². The third-order valence-electron chi connectivity index (χ3n) is 3.63. The van der Waals surface area contributed by atoms with Crippen LogP contribution in [0.5, 0.6) is 0 Å². The smallest absolute Gasteiger partial charge is 0.223 e. The Labute approximate surface area is 108 Å². The van der Waals surface area contributed by atoms with Gasteiger partial charge in [-0.05, 0) is 37.5 Å². The summed E-state index contributed by atoms with van der Waals surface area (Å²) >= 11 is 3.47. The third kappa shape index (κ3) is 4.44. The summed E-state index contributed by atoms with van der Waals surface area (Å²) in [7, 11) is 0. The van der Waals surface area contributed by atoms with E-state index in [1.807, 2.05) is 0 Å². The monoisotopic (exact) mass is 289 g/mol. The van der Waals surface area contributed by atoms with Crippen molar-refractivity contribution in [2.75, 3.05) is 11.9 Å². The molecular weight excluding hydrogens is 266 g/mol. The Bertz CT molecular complexity index is 220. The molecule has 3 unspecified atom stereocenters. The molecule has 0 aromatic rings. The molecule has 1 aliphatic carbocycles. The average Bonchev–Trinajstić information content (AvgIpc) is 2.70. The first-order valence-corrected chi connectivity index (χ1v) is 7.61. The largest absolute Gasteiger partial charge is 0.356 e. The van der Waals surface area contributed by atoms with Crippen LogP contribution in [0.15, 0.2) is 0 Å². The normalized spacial score (nSPS) is 26.7. The second-order valence-electron chi connectivity index (χ2n) is 5.21. The summed E-state index contributed by atoms with van der Waals surface area (Å²) in [6.45, 7) is 5.28. The molecule has 16 heavy (non-hydrogen) atoms. The van der Waals surface area contributed by atoms with Crippen molar-refractivity contribution in [1.29, 1.82) is 0 Å². The topological polar surface area (TPSA) is 29.1 Å². The van der Waals surface area contributed by atoms with Gasteiger partial charge in [-0.3, -0.25) is 4.79 Å². The Morgan fingerprint density at radius 3 is 2.81 bits per heavy atom. The molecule has 1 N–H and O–H groups in total. The molecule has 0 radical (unpaired) electrons. The van der Waals surface area contributed by atoms with Gasteiger partial charge in [0.25, 0.3) is 0 Å². The van der Waals surface area contributed by atoms with E-state index in [1.165, 1.54) is 19.3 Å². The van der Waals surface area contributed by atoms with Crippen molar-refractivity contribution in [3.63, 3.8) is 0 Å². The Morgan fingerprint density at radius 1 is 1.50 bits per heavy atom. The number of hydrogen-bond acceptors (Lipinski definition) is 1. The molecular formula is C13H24BrNO. The molecule has 1 saturated carbocycles. The zero-order valence-electron chi connectivity index (χ0n) is 10.5. The van der Waals surface area contributed by atoms with Gasteiger partial charge in [0.15, 0.2) is 0 Å². The number of halogens is 1. The van der Waals surface area contributed by atoms with Crippen LogP contribution in [-0.2, 0) is 4.79 Å². The minimum atomic E-state index is 0.286. The Morgan fingerprint density at radius 2 is 2.25 bits per heavy atom. The van der Waals surface area contributed by atoms with Gasteiger partial charge >= 0.3 is 0 Å². The van der Waals surface area contributed by atoms with E-state index in [0.717, 1.165) is 24.7 Å². The highest BCUT2D eigenvalue weighted by Crippen LogP contribution is 2.31. The van der Waals surface area contributed by atoms with Crippen molar-refractivity contribution >= 4 is 21.8 Å². The van der Waals surface area contributed by atoms with Crippen molar-refractivity contribution in [2.24, 2.45) is 17.8 Å². The van der Waals surface area contributed by atoms with Crippen molar-refractivity contribution in [3.8, 4) is 0 Å². The fourth-order valence-electron chi connectivity index (χ4n) is 2.41. The lowest BCUT2D eigenvalue weighted by Gasteiger charge is -2.15. The van der Waals surface area contributed by atoms with Crippen LogP contribution in [0.4, 0.5) is 0 Å². The number of alkyl halides is 1. The van der Waals surface area contributed by atoms with Crippen molar-refractivity contribution < 1.29 is 4.79 Å². The molecule has 3 heteroatoms. The Kier molecular flexibility index (Phi) is 6.40. The van der Waals surface area contributed by atoms with Gasteiger partial charge < -0.3 is 5.32 Å². The quantitative estimate of drug-likeness (QED) is 0.590. The fourth-order valence-corrected chi connectivity index (χ4v) is 2.73. The van der Waals surface area contributed by atoms with Crippen LogP contribution in [0.1, 0.15) is 46.0 Å². The van der Waals surface area contributed by atoms with E-state index in [4.69, 9.17) is 0 Å². The molecule has 94 valence electrons. The molecule has 0 saturated heterocycles. The van der Waals surface area contributed by atoms with Crippen LogP contribution in [-0.4, -0.2) is 17.8 Å². The molecule has 0 heterocycles. The highest BCUT2D eigenvalue weighted by atomic mass is 79.9. The second kappa shape index (κ2) is 7.31. The summed E-state index contributed by atoms with van der Waals surface area (Å²) in [6, 6.07) is 0. The summed E-state index contributed by atoms with van der Waals surface area (Å²) in [4.78, 5) is 11.8. The lowest BCUT2D eigenvalue weighted by Crippen LogP contribution is -2.32. The van der Waals surface area contributed by atoms with Gasteiger partial charge in [-0.2, -0.15) is 0 Å². The summed E-state index contributed by atoms with van der Waals surface area (Å²) in [5.74, 6) is 1.87. The van der Waals surface area contributed by atoms with E-state index in [9.17, 15) is 4.79 Å².